The second-order valence-corrected chi connectivity index (χ2v) is 8.33. The summed E-state index contributed by atoms with van der Waals surface area (Å²) in [6.07, 6.45) is 8.46. The molecule has 0 saturated carbocycles. The first-order valence-corrected chi connectivity index (χ1v) is 11.1. The van der Waals surface area contributed by atoms with E-state index in [0.717, 1.165) is 77.8 Å². The maximum Gasteiger partial charge on any atom is 0.234 e. The highest BCUT2D eigenvalue weighted by Gasteiger charge is 2.23. The van der Waals surface area contributed by atoms with E-state index < -0.39 is 0 Å². The molecule has 1 heterocycles. The standard InChI is InChI=1S/C23H44N6O/c1-6-14-26-18-27(15-7-2)20-29(21-28(19-26)16-22(3)4)17-23(30)25-13-11-9-8-10-12-24-5/h6-7,24H,1-3,8-21H2,4-5H3,(H,25,30). The van der Waals surface area contributed by atoms with E-state index in [1.807, 2.05) is 26.1 Å². The van der Waals surface area contributed by atoms with E-state index in [9.17, 15) is 4.79 Å². The molecular formula is C23H44N6O. The summed E-state index contributed by atoms with van der Waals surface area (Å²) < 4.78 is 0. The molecule has 1 fully saturated rings. The number of nitrogens with one attached hydrogen (secondary N) is 2. The Morgan fingerprint density at radius 1 is 0.833 bits per heavy atom. The van der Waals surface area contributed by atoms with Gasteiger partial charge in [-0.3, -0.25) is 24.4 Å². The average Bonchev–Trinajstić information content (AvgIpc) is 2.65. The number of hydrogen-bond donors (Lipinski definition) is 2. The van der Waals surface area contributed by atoms with Crippen molar-refractivity contribution in [3.63, 3.8) is 0 Å². The number of hydrogen-bond acceptors (Lipinski definition) is 6. The Kier molecular flexibility index (Phi) is 14.3. The van der Waals surface area contributed by atoms with Crippen molar-refractivity contribution in [1.82, 2.24) is 30.2 Å². The topological polar surface area (TPSA) is 54.1 Å². The smallest absolute Gasteiger partial charge is 0.234 e. The predicted octanol–water partition coefficient (Wildman–Crippen LogP) is 1.88. The Balaban J connectivity index is 2.58. The first kappa shape index (κ1) is 26.5. The first-order valence-electron chi connectivity index (χ1n) is 11.1. The Labute approximate surface area is 184 Å². The van der Waals surface area contributed by atoms with Gasteiger partial charge in [-0.15, -0.1) is 13.2 Å². The summed E-state index contributed by atoms with van der Waals surface area (Å²) in [7, 11) is 1.98. The highest BCUT2D eigenvalue weighted by atomic mass is 16.2. The molecule has 30 heavy (non-hydrogen) atoms. The summed E-state index contributed by atoms with van der Waals surface area (Å²) in [5.41, 5.74) is 1.12. The minimum absolute atomic E-state index is 0.0996. The molecule has 0 aromatic rings. The molecule has 0 atom stereocenters. The van der Waals surface area contributed by atoms with E-state index in [1.165, 1.54) is 12.8 Å². The van der Waals surface area contributed by atoms with Crippen LogP contribution in [0.15, 0.2) is 37.5 Å². The van der Waals surface area contributed by atoms with Crippen molar-refractivity contribution < 1.29 is 4.79 Å². The molecule has 7 nitrogen and oxygen atoms in total. The lowest BCUT2D eigenvalue weighted by Gasteiger charge is -2.41. The van der Waals surface area contributed by atoms with Gasteiger partial charge in [-0.2, -0.15) is 0 Å². The molecule has 0 aromatic carbocycles. The molecule has 0 aliphatic carbocycles. The predicted molar refractivity (Wildman–Crippen MR) is 127 cm³/mol. The summed E-state index contributed by atoms with van der Waals surface area (Å²) in [6.45, 7) is 21.7. The van der Waals surface area contributed by atoms with Gasteiger partial charge in [-0.25, -0.2) is 0 Å². The molecule has 0 spiro atoms. The van der Waals surface area contributed by atoms with Crippen LogP contribution in [0.25, 0.3) is 0 Å². The SMILES string of the molecule is C=CCN1CN(CC=C)CN(CC(=O)NCCCCCCNC)CN(CC(=C)C)C1. The molecule has 1 aliphatic heterocycles. The first-order chi connectivity index (χ1) is 14.5. The van der Waals surface area contributed by atoms with Crippen LogP contribution in [0.4, 0.5) is 0 Å². The number of unbranched alkanes of at least 4 members (excludes halogenated alkanes) is 3. The van der Waals surface area contributed by atoms with Crippen LogP contribution in [0.2, 0.25) is 0 Å². The minimum atomic E-state index is 0.0996. The second kappa shape index (κ2) is 16.2. The van der Waals surface area contributed by atoms with Gasteiger partial charge in [0.1, 0.15) is 0 Å². The molecule has 1 saturated heterocycles. The van der Waals surface area contributed by atoms with Gasteiger partial charge in [-0.05, 0) is 33.4 Å². The molecule has 172 valence electrons. The number of rotatable bonds is 15. The molecule has 7 heteroatoms. The van der Waals surface area contributed by atoms with Crippen LogP contribution in [-0.2, 0) is 4.79 Å². The van der Waals surface area contributed by atoms with Gasteiger partial charge in [0.2, 0.25) is 5.91 Å². The van der Waals surface area contributed by atoms with Gasteiger partial charge in [0.25, 0.3) is 0 Å². The van der Waals surface area contributed by atoms with Crippen molar-refractivity contribution in [2.75, 3.05) is 73.0 Å². The maximum absolute atomic E-state index is 12.5. The van der Waals surface area contributed by atoms with Gasteiger partial charge in [0.05, 0.1) is 33.2 Å². The minimum Gasteiger partial charge on any atom is -0.355 e. The van der Waals surface area contributed by atoms with Crippen LogP contribution >= 0.6 is 0 Å². The quantitative estimate of drug-likeness (QED) is 0.312. The molecule has 2 N–H and O–H groups in total. The number of carbonyl (C=O) groups excluding carboxylic acids is 1. The van der Waals surface area contributed by atoms with Crippen molar-refractivity contribution >= 4 is 5.91 Å². The van der Waals surface area contributed by atoms with Gasteiger partial charge in [0, 0.05) is 26.2 Å². The van der Waals surface area contributed by atoms with Crippen LogP contribution in [0.5, 0.6) is 0 Å². The molecule has 0 bridgehead atoms. The van der Waals surface area contributed by atoms with Crippen molar-refractivity contribution in [2.45, 2.75) is 32.6 Å². The third-order valence-electron chi connectivity index (χ3n) is 4.91. The van der Waals surface area contributed by atoms with Gasteiger partial charge < -0.3 is 10.6 Å². The zero-order valence-corrected chi connectivity index (χ0v) is 19.4. The molecule has 0 aromatic heterocycles. The lowest BCUT2D eigenvalue weighted by Crippen LogP contribution is -2.56. The molecule has 1 amide bonds. The highest BCUT2D eigenvalue weighted by molar-refractivity contribution is 5.77. The van der Waals surface area contributed by atoms with Crippen LogP contribution < -0.4 is 10.6 Å². The van der Waals surface area contributed by atoms with Gasteiger partial charge >= 0.3 is 0 Å². The normalized spacial score (nSPS) is 17.3. The maximum atomic E-state index is 12.5. The zero-order valence-electron chi connectivity index (χ0n) is 19.4. The summed E-state index contributed by atoms with van der Waals surface area (Å²) >= 11 is 0. The van der Waals surface area contributed by atoms with E-state index in [-0.39, 0.29) is 5.91 Å². The van der Waals surface area contributed by atoms with E-state index in [2.05, 4.69) is 50.0 Å². The third kappa shape index (κ3) is 12.2. The second-order valence-electron chi connectivity index (χ2n) is 8.33. The third-order valence-corrected chi connectivity index (χ3v) is 4.91. The summed E-state index contributed by atoms with van der Waals surface area (Å²) in [5, 5.41) is 6.26. The highest BCUT2D eigenvalue weighted by Crippen LogP contribution is 2.09. The number of amides is 1. The monoisotopic (exact) mass is 420 g/mol. The Hall–Kier alpha value is -1.51. The average molecular weight is 421 g/mol. The molecular weight excluding hydrogens is 376 g/mol. The van der Waals surface area contributed by atoms with Crippen LogP contribution in [-0.4, -0.2) is 98.5 Å². The molecule has 1 rings (SSSR count). The van der Waals surface area contributed by atoms with Crippen LogP contribution in [0.3, 0.4) is 0 Å². The molecule has 0 radical (unpaired) electrons. The molecule has 1 aliphatic rings. The van der Waals surface area contributed by atoms with E-state index in [1.54, 1.807) is 0 Å². The van der Waals surface area contributed by atoms with E-state index in [0.29, 0.717) is 6.54 Å². The summed E-state index contributed by atoms with van der Waals surface area (Å²) in [4.78, 5) is 21.8. The van der Waals surface area contributed by atoms with Gasteiger partial charge in [-0.1, -0.05) is 37.1 Å². The zero-order chi connectivity index (χ0) is 22.2. The Morgan fingerprint density at radius 2 is 1.33 bits per heavy atom. The van der Waals surface area contributed by atoms with E-state index in [4.69, 9.17) is 0 Å². The number of nitrogens with zero attached hydrogens (tertiary/aromatic N) is 4. The van der Waals surface area contributed by atoms with Crippen LogP contribution in [0.1, 0.15) is 32.6 Å². The fraction of sp³-hybridized carbons (Fsp3) is 0.696. The lowest BCUT2D eigenvalue weighted by molar-refractivity contribution is -0.124. The van der Waals surface area contributed by atoms with Crippen molar-refractivity contribution in [2.24, 2.45) is 0 Å². The van der Waals surface area contributed by atoms with Gasteiger partial charge in [0.15, 0.2) is 0 Å². The summed E-state index contributed by atoms with van der Waals surface area (Å²) in [5.74, 6) is 0.0996. The summed E-state index contributed by atoms with van der Waals surface area (Å²) in [6, 6.07) is 0. The fourth-order valence-electron chi connectivity index (χ4n) is 3.76. The lowest BCUT2D eigenvalue weighted by atomic mass is 10.2. The van der Waals surface area contributed by atoms with E-state index >= 15 is 0 Å². The number of carbonyl (C=O) groups is 1. The molecule has 0 unspecified atom stereocenters. The Morgan fingerprint density at radius 3 is 1.87 bits per heavy atom. The largest absolute Gasteiger partial charge is 0.355 e. The van der Waals surface area contributed by atoms with Crippen LogP contribution in [0, 0.1) is 0 Å². The van der Waals surface area contributed by atoms with Crippen molar-refractivity contribution in [1.29, 1.82) is 0 Å². The Bertz CT molecular complexity index is 524. The van der Waals surface area contributed by atoms with Crippen molar-refractivity contribution in [3.8, 4) is 0 Å². The van der Waals surface area contributed by atoms with Crippen molar-refractivity contribution in [3.05, 3.63) is 37.5 Å². The fourth-order valence-corrected chi connectivity index (χ4v) is 3.76.